The number of rotatable bonds is 3. The van der Waals surface area contributed by atoms with Crippen LogP contribution in [0.3, 0.4) is 0 Å². The van der Waals surface area contributed by atoms with Gasteiger partial charge >= 0.3 is 0 Å². The average molecular weight is 321 g/mol. The normalized spacial score (nSPS) is 40.0. The van der Waals surface area contributed by atoms with Crippen LogP contribution in [0.15, 0.2) is 35.4 Å². The fraction of sp³-hybridized carbons (Fsp3) is 0.600. The zero-order valence-electron chi connectivity index (χ0n) is 12.9. The molecule has 2 aliphatic heterocycles. The Bertz CT molecular complexity index is 594. The summed E-state index contributed by atoms with van der Waals surface area (Å²) in [6.07, 6.45) is -3.08. The molecule has 124 valence electrons. The quantitative estimate of drug-likeness (QED) is 0.518. The molecule has 1 N–H and O–H groups in total. The first-order chi connectivity index (χ1) is 11.1. The van der Waals surface area contributed by atoms with Crippen LogP contribution in [0.4, 0.5) is 0 Å². The van der Waals surface area contributed by atoms with E-state index in [1.54, 1.807) is 6.92 Å². The molecule has 0 amide bonds. The van der Waals surface area contributed by atoms with Crippen LogP contribution >= 0.6 is 0 Å². The predicted octanol–water partition coefficient (Wildman–Crippen LogP) is 1.69. The maximum Gasteiger partial charge on any atom is 0.192 e. The standard InChI is InChI=1S/C15H19N3O5/c1-15(9-6-4-3-5-7-9)21-8-10-13(23-15)12(19)11(17-18-16)14(20-2)22-10/h3-7,10-14,19H,8H2,1-2H3/t10-,11+,12-,13-,14-,15-/m1/s1. The van der Waals surface area contributed by atoms with Crippen molar-refractivity contribution in [3.8, 4) is 0 Å². The van der Waals surface area contributed by atoms with Crippen LogP contribution in [0.25, 0.3) is 10.4 Å². The van der Waals surface area contributed by atoms with Crippen molar-refractivity contribution in [2.75, 3.05) is 13.7 Å². The lowest BCUT2D eigenvalue weighted by Crippen LogP contribution is -2.63. The maximum absolute atomic E-state index is 10.6. The van der Waals surface area contributed by atoms with Crippen LogP contribution in [0.2, 0.25) is 0 Å². The summed E-state index contributed by atoms with van der Waals surface area (Å²) in [4.78, 5) is 2.76. The van der Waals surface area contributed by atoms with Gasteiger partial charge in [-0.1, -0.05) is 35.4 Å². The SMILES string of the molecule is CO[C@@H]1O[C@@H]2CO[C@@](C)(c3ccccc3)O[C@H]2[C@H](O)[C@@H]1N=[N+]=[N-]. The van der Waals surface area contributed by atoms with Crippen molar-refractivity contribution in [1.29, 1.82) is 0 Å². The van der Waals surface area contributed by atoms with E-state index in [0.717, 1.165) is 5.56 Å². The molecule has 2 aliphatic rings. The van der Waals surface area contributed by atoms with E-state index in [1.807, 2.05) is 30.3 Å². The Morgan fingerprint density at radius 3 is 2.78 bits per heavy atom. The van der Waals surface area contributed by atoms with Crippen molar-refractivity contribution in [2.24, 2.45) is 5.11 Å². The third-order valence-corrected chi connectivity index (χ3v) is 4.24. The van der Waals surface area contributed by atoms with Crippen molar-refractivity contribution in [1.82, 2.24) is 0 Å². The lowest BCUT2D eigenvalue weighted by molar-refractivity contribution is -0.376. The Morgan fingerprint density at radius 2 is 2.13 bits per heavy atom. The molecule has 1 aromatic carbocycles. The van der Waals surface area contributed by atoms with Gasteiger partial charge in [0, 0.05) is 17.6 Å². The lowest BCUT2D eigenvalue weighted by atomic mass is 9.95. The minimum atomic E-state index is -1.05. The molecule has 0 aliphatic carbocycles. The number of hydrogen-bond acceptors (Lipinski definition) is 6. The van der Waals surface area contributed by atoms with Crippen molar-refractivity contribution in [2.45, 2.75) is 43.4 Å². The Hall–Kier alpha value is -1.67. The summed E-state index contributed by atoms with van der Waals surface area (Å²) in [6.45, 7) is 2.02. The van der Waals surface area contributed by atoms with E-state index in [4.69, 9.17) is 24.5 Å². The minimum absolute atomic E-state index is 0.232. The third kappa shape index (κ3) is 2.92. The number of nitrogens with zero attached hydrogens (tertiary/aromatic N) is 3. The predicted molar refractivity (Wildman–Crippen MR) is 79.2 cm³/mol. The van der Waals surface area contributed by atoms with Crippen LogP contribution in [0.5, 0.6) is 0 Å². The van der Waals surface area contributed by atoms with Gasteiger partial charge in [0.05, 0.1) is 12.7 Å². The van der Waals surface area contributed by atoms with Gasteiger partial charge in [0.15, 0.2) is 12.1 Å². The van der Waals surface area contributed by atoms with Gasteiger partial charge in [-0.15, -0.1) is 0 Å². The maximum atomic E-state index is 10.6. The highest BCUT2D eigenvalue weighted by Gasteiger charge is 2.52. The molecule has 3 rings (SSSR count). The Balaban J connectivity index is 1.85. The summed E-state index contributed by atoms with van der Waals surface area (Å²) in [5, 5.41) is 14.2. The van der Waals surface area contributed by atoms with E-state index in [2.05, 4.69) is 10.0 Å². The van der Waals surface area contributed by atoms with Gasteiger partial charge in [0.2, 0.25) is 0 Å². The highest BCUT2D eigenvalue weighted by atomic mass is 16.8. The van der Waals surface area contributed by atoms with E-state index in [-0.39, 0.29) is 6.61 Å². The molecule has 0 saturated carbocycles. The first-order valence-electron chi connectivity index (χ1n) is 7.37. The summed E-state index contributed by atoms with van der Waals surface area (Å²) >= 11 is 0. The number of azide groups is 1. The summed E-state index contributed by atoms with van der Waals surface area (Å²) in [7, 11) is 1.43. The average Bonchev–Trinajstić information content (AvgIpc) is 2.59. The van der Waals surface area contributed by atoms with Crippen LogP contribution < -0.4 is 0 Å². The third-order valence-electron chi connectivity index (χ3n) is 4.24. The Kier molecular flexibility index (Phi) is 4.54. The van der Waals surface area contributed by atoms with Gasteiger partial charge < -0.3 is 24.1 Å². The number of aliphatic hydroxyl groups is 1. The number of ether oxygens (including phenoxy) is 4. The zero-order valence-corrected chi connectivity index (χ0v) is 12.9. The molecule has 2 fully saturated rings. The first kappa shape index (κ1) is 16.2. The van der Waals surface area contributed by atoms with Crippen molar-refractivity contribution in [3.05, 3.63) is 46.3 Å². The second-order valence-corrected chi connectivity index (χ2v) is 5.67. The molecule has 0 radical (unpaired) electrons. The highest BCUT2D eigenvalue weighted by Crippen LogP contribution is 2.38. The molecule has 0 unspecified atom stereocenters. The monoisotopic (exact) mass is 321 g/mol. The summed E-state index contributed by atoms with van der Waals surface area (Å²) in [6, 6.07) is 8.56. The van der Waals surface area contributed by atoms with Gasteiger partial charge in [-0.25, -0.2) is 0 Å². The molecule has 2 saturated heterocycles. The molecule has 2 heterocycles. The largest absolute Gasteiger partial charge is 0.390 e. The molecule has 23 heavy (non-hydrogen) atoms. The van der Waals surface area contributed by atoms with Gasteiger partial charge in [-0.2, -0.15) is 0 Å². The van der Waals surface area contributed by atoms with Crippen LogP contribution in [0.1, 0.15) is 12.5 Å². The minimum Gasteiger partial charge on any atom is -0.390 e. The molecule has 0 spiro atoms. The van der Waals surface area contributed by atoms with Crippen LogP contribution in [-0.4, -0.2) is 49.5 Å². The number of methoxy groups -OCH3 is 1. The van der Waals surface area contributed by atoms with E-state index in [1.165, 1.54) is 7.11 Å². The van der Waals surface area contributed by atoms with Crippen LogP contribution in [-0.2, 0) is 24.7 Å². The van der Waals surface area contributed by atoms with Gasteiger partial charge in [0.1, 0.15) is 18.2 Å². The fourth-order valence-electron chi connectivity index (χ4n) is 2.99. The first-order valence-corrected chi connectivity index (χ1v) is 7.37. The molecule has 8 heteroatoms. The van der Waals surface area contributed by atoms with Crippen molar-refractivity contribution in [3.63, 3.8) is 0 Å². The van der Waals surface area contributed by atoms with Crippen molar-refractivity contribution < 1.29 is 24.1 Å². The topological polar surface area (TPSA) is 106 Å². The van der Waals surface area contributed by atoms with Crippen LogP contribution in [0, 0.1) is 0 Å². The smallest absolute Gasteiger partial charge is 0.192 e. The van der Waals surface area contributed by atoms with Gasteiger partial charge in [-0.3, -0.25) is 0 Å². The van der Waals surface area contributed by atoms with E-state index >= 15 is 0 Å². The van der Waals surface area contributed by atoms with Gasteiger partial charge in [0.25, 0.3) is 0 Å². The number of fused-ring (bicyclic) bond motifs is 1. The molecule has 8 nitrogen and oxygen atoms in total. The van der Waals surface area contributed by atoms with E-state index in [9.17, 15) is 5.11 Å². The second kappa shape index (κ2) is 6.45. The molecule has 6 atom stereocenters. The van der Waals surface area contributed by atoms with E-state index in [0.29, 0.717) is 0 Å². The summed E-state index contributed by atoms with van der Waals surface area (Å²) in [5.41, 5.74) is 9.53. The molecule has 1 aromatic rings. The Labute approximate surface area is 133 Å². The summed E-state index contributed by atoms with van der Waals surface area (Å²) in [5.74, 6) is -1.01. The number of aliphatic hydroxyl groups excluding tert-OH is 1. The zero-order chi connectivity index (χ0) is 16.4. The van der Waals surface area contributed by atoms with Crippen molar-refractivity contribution >= 4 is 0 Å². The lowest BCUT2D eigenvalue weighted by Gasteiger charge is -2.49. The second-order valence-electron chi connectivity index (χ2n) is 5.67. The molecular weight excluding hydrogens is 302 g/mol. The van der Waals surface area contributed by atoms with E-state index < -0.39 is 36.4 Å². The highest BCUT2D eigenvalue weighted by molar-refractivity contribution is 5.20. The molecule has 0 aromatic heterocycles. The Morgan fingerprint density at radius 1 is 1.39 bits per heavy atom. The summed E-state index contributed by atoms with van der Waals surface area (Å²) < 4.78 is 22.7. The number of benzene rings is 1. The number of hydrogen-bond donors (Lipinski definition) is 1. The fourth-order valence-corrected chi connectivity index (χ4v) is 2.99. The van der Waals surface area contributed by atoms with Gasteiger partial charge in [-0.05, 0) is 12.5 Å². The molecule has 0 bridgehead atoms. The molecular formula is C15H19N3O5.